The third-order valence-electron chi connectivity index (χ3n) is 4.51. The van der Waals surface area contributed by atoms with Crippen molar-refractivity contribution in [2.75, 3.05) is 20.0 Å². The first-order valence-electron chi connectivity index (χ1n) is 8.67. The number of benzene rings is 2. The molecule has 1 aromatic heterocycles. The van der Waals surface area contributed by atoms with Crippen LogP contribution in [0.5, 0.6) is 11.5 Å². The van der Waals surface area contributed by atoms with Gasteiger partial charge in [0.05, 0.1) is 19.9 Å². The van der Waals surface area contributed by atoms with Gasteiger partial charge in [0.25, 0.3) is 0 Å². The Bertz CT molecular complexity index is 830. The van der Waals surface area contributed by atoms with Crippen LogP contribution >= 0.6 is 11.3 Å². The molecule has 3 rings (SSSR count). The van der Waals surface area contributed by atoms with Crippen molar-refractivity contribution >= 4 is 16.5 Å². The van der Waals surface area contributed by atoms with Crippen LogP contribution in [0, 0.1) is 0 Å². The molecule has 0 aliphatic heterocycles. The molecular formula is C21H24N2O2S. The van der Waals surface area contributed by atoms with Crippen LogP contribution in [0.25, 0.3) is 0 Å². The first kappa shape index (κ1) is 18.3. The summed E-state index contributed by atoms with van der Waals surface area (Å²) in [4.78, 5) is 4.53. The van der Waals surface area contributed by atoms with E-state index in [0.29, 0.717) is 5.13 Å². The molecule has 0 fully saturated rings. The first-order chi connectivity index (χ1) is 12.7. The second-order valence-electron chi connectivity index (χ2n) is 6.18. The van der Waals surface area contributed by atoms with Crippen LogP contribution in [-0.4, -0.2) is 19.2 Å². The van der Waals surface area contributed by atoms with Crippen molar-refractivity contribution < 1.29 is 9.47 Å². The molecule has 2 N–H and O–H groups in total. The first-order valence-corrected chi connectivity index (χ1v) is 9.55. The number of methoxy groups -OCH3 is 2. The lowest BCUT2D eigenvalue weighted by Gasteiger charge is -2.16. The fourth-order valence-electron chi connectivity index (χ4n) is 3.12. The average molecular weight is 369 g/mol. The number of hydrogen-bond acceptors (Lipinski definition) is 5. The highest BCUT2D eigenvalue weighted by Gasteiger charge is 2.17. The van der Waals surface area contributed by atoms with Gasteiger partial charge >= 0.3 is 0 Å². The Kier molecular flexibility index (Phi) is 6.12. The zero-order chi connectivity index (χ0) is 18.4. The maximum Gasteiger partial charge on any atom is 0.180 e. The van der Waals surface area contributed by atoms with Gasteiger partial charge in [-0.05, 0) is 54.7 Å². The van der Waals surface area contributed by atoms with Crippen molar-refractivity contribution in [2.24, 2.45) is 0 Å². The lowest BCUT2D eigenvalue weighted by molar-refractivity contribution is 0.414. The van der Waals surface area contributed by atoms with E-state index in [0.717, 1.165) is 36.5 Å². The normalized spacial score (nSPS) is 11.9. The Balaban J connectivity index is 1.73. The number of nitrogens with zero attached hydrogens (tertiary/aromatic N) is 1. The largest absolute Gasteiger partial charge is 0.497 e. The number of nitrogen functional groups attached to an aromatic ring is 1. The maximum atomic E-state index is 5.87. The number of rotatable bonds is 8. The van der Waals surface area contributed by atoms with Gasteiger partial charge in [0.2, 0.25) is 0 Å². The summed E-state index contributed by atoms with van der Waals surface area (Å²) in [5, 5.41) is 2.68. The summed E-state index contributed by atoms with van der Waals surface area (Å²) in [6.45, 7) is 0. The molecule has 1 atom stereocenters. The highest BCUT2D eigenvalue weighted by molar-refractivity contribution is 7.13. The quantitative estimate of drug-likeness (QED) is 0.614. The summed E-state index contributed by atoms with van der Waals surface area (Å²) < 4.78 is 10.6. The number of aromatic nitrogens is 1. The van der Waals surface area contributed by atoms with Gasteiger partial charge in [-0.15, -0.1) is 11.3 Å². The molecule has 0 aliphatic carbocycles. The molecule has 1 unspecified atom stereocenters. The fourth-order valence-corrected chi connectivity index (χ4v) is 3.74. The minimum Gasteiger partial charge on any atom is -0.497 e. The molecule has 0 saturated heterocycles. The van der Waals surface area contributed by atoms with Gasteiger partial charge in [0.15, 0.2) is 5.13 Å². The van der Waals surface area contributed by atoms with E-state index in [9.17, 15) is 0 Å². The van der Waals surface area contributed by atoms with Crippen LogP contribution in [-0.2, 0) is 6.42 Å². The van der Waals surface area contributed by atoms with E-state index in [1.807, 2.05) is 24.3 Å². The molecular weight excluding hydrogens is 344 g/mol. The zero-order valence-electron chi connectivity index (χ0n) is 15.1. The predicted octanol–water partition coefficient (Wildman–Crippen LogP) is 4.90. The zero-order valence-corrected chi connectivity index (χ0v) is 16.0. The number of aryl methyl sites for hydroxylation is 1. The van der Waals surface area contributed by atoms with Crippen molar-refractivity contribution in [1.29, 1.82) is 0 Å². The molecule has 5 heteroatoms. The Morgan fingerprint density at radius 1 is 1.04 bits per heavy atom. The van der Waals surface area contributed by atoms with Crippen LogP contribution < -0.4 is 15.2 Å². The minimum absolute atomic E-state index is 0.236. The van der Waals surface area contributed by atoms with E-state index in [2.05, 4.69) is 34.6 Å². The smallest absolute Gasteiger partial charge is 0.180 e. The summed E-state index contributed by atoms with van der Waals surface area (Å²) in [6, 6.07) is 16.5. The Labute approximate surface area is 158 Å². The highest BCUT2D eigenvalue weighted by atomic mass is 32.1. The Morgan fingerprint density at radius 2 is 1.81 bits per heavy atom. The van der Waals surface area contributed by atoms with Gasteiger partial charge in [0.1, 0.15) is 11.5 Å². The highest BCUT2D eigenvalue weighted by Crippen LogP contribution is 2.32. The van der Waals surface area contributed by atoms with E-state index in [1.165, 1.54) is 22.5 Å². The standard InChI is InChI=1S/C21H24N2O2S/c1-24-17-11-9-16(10-12-17)19(20-14-26-21(22)23-20)8-4-6-15-5-3-7-18(13-15)25-2/h3,5,7,9-14,19H,4,6,8H2,1-2H3,(H2,22,23). The van der Waals surface area contributed by atoms with E-state index in [4.69, 9.17) is 15.2 Å². The fraction of sp³-hybridized carbons (Fsp3) is 0.286. The molecule has 136 valence electrons. The Morgan fingerprint density at radius 3 is 2.46 bits per heavy atom. The van der Waals surface area contributed by atoms with Gasteiger partial charge in [-0.3, -0.25) is 0 Å². The molecule has 4 nitrogen and oxygen atoms in total. The van der Waals surface area contributed by atoms with Crippen LogP contribution in [0.2, 0.25) is 0 Å². The monoisotopic (exact) mass is 368 g/mol. The summed E-state index contributed by atoms with van der Waals surface area (Å²) in [5.41, 5.74) is 9.44. The number of nitrogens with two attached hydrogens (primary N) is 1. The van der Waals surface area contributed by atoms with Crippen molar-refractivity contribution in [3.05, 3.63) is 70.7 Å². The molecule has 1 heterocycles. The summed E-state index contributed by atoms with van der Waals surface area (Å²) in [7, 11) is 3.38. The van der Waals surface area contributed by atoms with Gasteiger partial charge in [-0.2, -0.15) is 0 Å². The van der Waals surface area contributed by atoms with E-state index < -0.39 is 0 Å². The van der Waals surface area contributed by atoms with Crippen LogP contribution in [0.4, 0.5) is 5.13 Å². The number of thiazole rings is 1. The van der Waals surface area contributed by atoms with Crippen molar-refractivity contribution in [3.63, 3.8) is 0 Å². The lowest BCUT2D eigenvalue weighted by Crippen LogP contribution is -2.03. The van der Waals surface area contributed by atoms with Crippen molar-refractivity contribution in [2.45, 2.75) is 25.2 Å². The topological polar surface area (TPSA) is 57.4 Å². The molecule has 0 aliphatic rings. The molecule has 2 aromatic carbocycles. The Hall–Kier alpha value is -2.53. The maximum absolute atomic E-state index is 5.87. The molecule has 0 spiro atoms. The summed E-state index contributed by atoms with van der Waals surface area (Å²) >= 11 is 1.50. The predicted molar refractivity (Wildman–Crippen MR) is 107 cm³/mol. The summed E-state index contributed by atoms with van der Waals surface area (Å²) in [5.74, 6) is 2.00. The van der Waals surface area contributed by atoms with E-state index in [1.54, 1.807) is 14.2 Å². The van der Waals surface area contributed by atoms with Gasteiger partial charge < -0.3 is 15.2 Å². The van der Waals surface area contributed by atoms with Gasteiger partial charge in [-0.1, -0.05) is 24.3 Å². The van der Waals surface area contributed by atoms with Crippen LogP contribution in [0.1, 0.15) is 35.6 Å². The molecule has 26 heavy (non-hydrogen) atoms. The molecule has 0 bridgehead atoms. The number of anilines is 1. The van der Waals surface area contributed by atoms with E-state index in [-0.39, 0.29) is 5.92 Å². The molecule has 0 amide bonds. The third kappa shape index (κ3) is 4.55. The third-order valence-corrected chi connectivity index (χ3v) is 5.20. The van der Waals surface area contributed by atoms with Crippen molar-refractivity contribution in [3.8, 4) is 11.5 Å². The minimum atomic E-state index is 0.236. The van der Waals surface area contributed by atoms with Gasteiger partial charge in [-0.25, -0.2) is 4.98 Å². The summed E-state index contributed by atoms with van der Waals surface area (Å²) in [6.07, 6.45) is 3.07. The second-order valence-corrected chi connectivity index (χ2v) is 7.07. The lowest BCUT2D eigenvalue weighted by atomic mass is 9.90. The molecule has 0 radical (unpaired) electrons. The number of ether oxygens (including phenoxy) is 2. The average Bonchev–Trinajstić information content (AvgIpc) is 3.11. The SMILES string of the molecule is COc1ccc(C(CCCc2cccc(OC)c2)c2csc(N)n2)cc1. The second kappa shape index (κ2) is 8.72. The van der Waals surface area contributed by atoms with Crippen LogP contribution in [0.3, 0.4) is 0 Å². The van der Waals surface area contributed by atoms with Crippen molar-refractivity contribution in [1.82, 2.24) is 4.98 Å². The number of hydrogen-bond donors (Lipinski definition) is 1. The van der Waals surface area contributed by atoms with Crippen LogP contribution in [0.15, 0.2) is 53.9 Å². The molecule has 3 aromatic rings. The van der Waals surface area contributed by atoms with E-state index >= 15 is 0 Å². The van der Waals surface area contributed by atoms with Gasteiger partial charge in [0, 0.05) is 11.3 Å². The molecule has 0 saturated carbocycles.